The minimum Gasteiger partial charge on any atom is -0.369 e. The summed E-state index contributed by atoms with van der Waals surface area (Å²) in [5.74, 6) is 0.0929. The third kappa shape index (κ3) is 3.26. The SMILES string of the molecule is CNCC(=O)N1C[C@@H](c2ccccc2Cl)OC[C@H]1C. The van der Waals surface area contributed by atoms with E-state index in [1.807, 2.05) is 36.1 Å². The first-order valence-corrected chi connectivity index (χ1v) is 6.81. The monoisotopic (exact) mass is 282 g/mol. The Morgan fingerprint density at radius 1 is 1.53 bits per heavy atom. The van der Waals surface area contributed by atoms with E-state index in [1.165, 1.54) is 0 Å². The molecule has 0 spiro atoms. The lowest BCUT2D eigenvalue weighted by Gasteiger charge is -2.38. The Hall–Kier alpha value is -1.10. The molecule has 0 unspecified atom stereocenters. The highest BCUT2D eigenvalue weighted by atomic mass is 35.5. The van der Waals surface area contributed by atoms with Crippen molar-refractivity contribution in [3.8, 4) is 0 Å². The first-order valence-electron chi connectivity index (χ1n) is 6.43. The lowest BCUT2D eigenvalue weighted by atomic mass is 10.1. The van der Waals surface area contributed by atoms with E-state index in [4.69, 9.17) is 16.3 Å². The van der Waals surface area contributed by atoms with Crippen LogP contribution in [0.3, 0.4) is 0 Å². The van der Waals surface area contributed by atoms with E-state index in [-0.39, 0.29) is 18.1 Å². The summed E-state index contributed by atoms with van der Waals surface area (Å²) in [5, 5.41) is 3.58. The smallest absolute Gasteiger partial charge is 0.236 e. The molecule has 1 aromatic carbocycles. The van der Waals surface area contributed by atoms with Crippen LogP contribution in [0.2, 0.25) is 5.02 Å². The van der Waals surface area contributed by atoms with E-state index >= 15 is 0 Å². The second-order valence-corrected chi connectivity index (χ2v) is 5.18. The van der Waals surface area contributed by atoms with Crippen molar-refractivity contribution >= 4 is 17.5 Å². The van der Waals surface area contributed by atoms with Gasteiger partial charge in [0, 0.05) is 10.6 Å². The predicted molar refractivity (Wildman–Crippen MR) is 75.2 cm³/mol. The molecule has 0 aliphatic carbocycles. The topological polar surface area (TPSA) is 41.6 Å². The number of nitrogens with one attached hydrogen (secondary N) is 1. The normalized spacial score (nSPS) is 23.4. The zero-order valence-corrected chi connectivity index (χ0v) is 12.0. The van der Waals surface area contributed by atoms with Gasteiger partial charge >= 0.3 is 0 Å². The van der Waals surface area contributed by atoms with E-state index in [2.05, 4.69) is 5.32 Å². The molecule has 1 aromatic rings. The third-order valence-electron chi connectivity index (χ3n) is 3.33. The Kier molecular flexibility index (Phi) is 4.80. The Morgan fingerprint density at radius 3 is 2.95 bits per heavy atom. The number of carbonyl (C=O) groups is 1. The van der Waals surface area contributed by atoms with Crippen LogP contribution < -0.4 is 5.32 Å². The Labute approximate surface area is 118 Å². The van der Waals surface area contributed by atoms with E-state index in [0.717, 1.165) is 5.56 Å². The van der Waals surface area contributed by atoms with Gasteiger partial charge in [-0.05, 0) is 20.0 Å². The highest BCUT2D eigenvalue weighted by molar-refractivity contribution is 6.31. The van der Waals surface area contributed by atoms with E-state index in [9.17, 15) is 4.79 Å². The fourth-order valence-corrected chi connectivity index (χ4v) is 2.54. The molecule has 2 atom stereocenters. The minimum absolute atomic E-state index is 0.0929. The number of halogens is 1. The Bertz CT molecular complexity index is 453. The number of likely N-dealkylation sites (N-methyl/N-ethyl adjacent to an activating group) is 1. The van der Waals surface area contributed by atoms with Crippen LogP contribution in [-0.4, -0.2) is 43.6 Å². The van der Waals surface area contributed by atoms with Gasteiger partial charge in [0.1, 0.15) is 6.10 Å². The maximum absolute atomic E-state index is 12.0. The average Bonchev–Trinajstić information content (AvgIpc) is 2.40. The van der Waals surface area contributed by atoms with Gasteiger partial charge in [-0.3, -0.25) is 4.79 Å². The molecule has 0 saturated carbocycles. The standard InChI is InChI=1S/C14H19ClN2O2/c1-10-9-19-13(8-17(10)14(18)7-16-2)11-5-3-4-6-12(11)15/h3-6,10,13,16H,7-9H2,1-2H3/t10-,13+/m1/s1. The van der Waals surface area contributed by atoms with Crippen LogP contribution in [-0.2, 0) is 9.53 Å². The number of amides is 1. The molecule has 4 nitrogen and oxygen atoms in total. The zero-order valence-electron chi connectivity index (χ0n) is 11.2. The fourth-order valence-electron chi connectivity index (χ4n) is 2.28. The summed E-state index contributed by atoms with van der Waals surface area (Å²) in [7, 11) is 1.77. The molecule has 1 aliphatic heterocycles. The highest BCUT2D eigenvalue weighted by Gasteiger charge is 2.30. The lowest BCUT2D eigenvalue weighted by molar-refractivity contribution is -0.143. The van der Waals surface area contributed by atoms with Gasteiger partial charge in [0.05, 0.1) is 25.7 Å². The summed E-state index contributed by atoms with van der Waals surface area (Å²) in [5.41, 5.74) is 0.943. The van der Waals surface area contributed by atoms with Gasteiger partial charge in [-0.25, -0.2) is 0 Å². The van der Waals surface area contributed by atoms with Gasteiger partial charge in [0.25, 0.3) is 0 Å². The van der Waals surface area contributed by atoms with Crippen LogP contribution >= 0.6 is 11.6 Å². The zero-order chi connectivity index (χ0) is 13.8. The van der Waals surface area contributed by atoms with Crippen molar-refractivity contribution in [2.24, 2.45) is 0 Å². The molecule has 0 bridgehead atoms. The van der Waals surface area contributed by atoms with Gasteiger partial charge in [-0.2, -0.15) is 0 Å². The number of benzene rings is 1. The molecule has 2 rings (SSSR count). The quantitative estimate of drug-likeness (QED) is 0.920. The van der Waals surface area contributed by atoms with Crippen molar-refractivity contribution in [3.63, 3.8) is 0 Å². The van der Waals surface area contributed by atoms with Gasteiger partial charge in [-0.1, -0.05) is 29.8 Å². The molecule has 1 fully saturated rings. The van der Waals surface area contributed by atoms with Gasteiger partial charge in [0.15, 0.2) is 0 Å². The number of nitrogens with zero attached hydrogens (tertiary/aromatic N) is 1. The summed E-state index contributed by atoms with van der Waals surface area (Å²) in [6.07, 6.45) is -0.147. The van der Waals surface area contributed by atoms with Gasteiger partial charge in [0.2, 0.25) is 5.91 Å². The van der Waals surface area contributed by atoms with Crippen molar-refractivity contribution in [1.82, 2.24) is 10.2 Å². The number of hydrogen-bond acceptors (Lipinski definition) is 3. The number of carbonyl (C=O) groups excluding carboxylic acids is 1. The predicted octanol–water partition coefficient (Wildman–Crippen LogP) is 1.85. The van der Waals surface area contributed by atoms with E-state index in [0.29, 0.717) is 24.7 Å². The fraction of sp³-hybridized carbons (Fsp3) is 0.500. The molecule has 1 heterocycles. The Morgan fingerprint density at radius 2 is 2.26 bits per heavy atom. The van der Waals surface area contributed by atoms with E-state index in [1.54, 1.807) is 7.05 Å². The Balaban J connectivity index is 2.13. The van der Waals surface area contributed by atoms with Crippen LogP contribution in [0.1, 0.15) is 18.6 Å². The molecule has 5 heteroatoms. The number of hydrogen-bond donors (Lipinski definition) is 1. The van der Waals surface area contributed by atoms with Crippen molar-refractivity contribution in [1.29, 1.82) is 0 Å². The van der Waals surface area contributed by atoms with Crippen molar-refractivity contribution in [2.75, 3.05) is 26.7 Å². The summed E-state index contributed by atoms with van der Waals surface area (Å²) >= 11 is 6.19. The maximum Gasteiger partial charge on any atom is 0.236 e. The molecule has 19 heavy (non-hydrogen) atoms. The minimum atomic E-state index is -0.147. The van der Waals surface area contributed by atoms with Crippen LogP contribution in [0, 0.1) is 0 Å². The second-order valence-electron chi connectivity index (χ2n) is 4.77. The van der Waals surface area contributed by atoms with E-state index < -0.39 is 0 Å². The number of morpholine rings is 1. The second kappa shape index (κ2) is 6.37. The summed E-state index contributed by atoms with van der Waals surface area (Å²) in [4.78, 5) is 13.9. The summed E-state index contributed by atoms with van der Waals surface area (Å²) in [6, 6.07) is 7.71. The molecule has 0 aromatic heterocycles. The summed E-state index contributed by atoms with van der Waals surface area (Å²) in [6.45, 7) is 3.42. The van der Waals surface area contributed by atoms with Crippen molar-refractivity contribution in [2.45, 2.75) is 19.1 Å². The van der Waals surface area contributed by atoms with Crippen molar-refractivity contribution in [3.05, 3.63) is 34.9 Å². The van der Waals surface area contributed by atoms with Crippen LogP contribution in [0.25, 0.3) is 0 Å². The molecular weight excluding hydrogens is 264 g/mol. The number of ether oxygens (including phenoxy) is 1. The highest BCUT2D eigenvalue weighted by Crippen LogP contribution is 2.29. The first kappa shape index (κ1) is 14.3. The molecular formula is C14H19ClN2O2. The molecule has 1 N–H and O–H groups in total. The molecule has 0 radical (unpaired) electrons. The lowest BCUT2D eigenvalue weighted by Crippen LogP contribution is -2.50. The average molecular weight is 283 g/mol. The van der Waals surface area contributed by atoms with Crippen LogP contribution in [0.4, 0.5) is 0 Å². The molecule has 104 valence electrons. The van der Waals surface area contributed by atoms with Gasteiger partial charge < -0.3 is 15.0 Å². The number of rotatable bonds is 3. The van der Waals surface area contributed by atoms with Crippen molar-refractivity contribution < 1.29 is 9.53 Å². The molecule has 1 saturated heterocycles. The largest absolute Gasteiger partial charge is 0.369 e. The maximum atomic E-state index is 12.0. The molecule has 1 aliphatic rings. The summed E-state index contributed by atoms with van der Waals surface area (Å²) < 4.78 is 5.82. The third-order valence-corrected chi connectivity index (χ3v) is 3.68. The van der Waals surface area contributed by atoms with Gasteiger partial charge in [-0.15, -0.1) is 0 Å². The first-order chi connectivity index (χ1) is 9.13. The van der Waals surface area contributed by atoms with Crippen LogP contribution in [0.15, 0.2) is 24.3 Å². The van der Waals surface area contributed by atoms with Crippen LogP contribution in [0.5, 0.6) is 0 Å². The molecule has 1 amide bonds.